The molecule has 8 heteroatoms. The number of amides is 2. The van der Waals surface area contributed by atoms with E-state index in [1.165, 1.54) is 23.9 Å². The van der Waals surface area contributed by atoms with Gasteiger partial charge in [0.25, 0.3) is 0 Å². The number of hydrogen-bond donors (Lipinski definition) is 1. The Morgan fingerprint density at radius 1 is 1.00 bits per heavy atom. The summed E-state index contributed by atoms with van der Waals surface area (Å²) in [6, 6.07) is 21.2. The van der Waals surface area contributed by atoms with Gasteiger partial charge in [0.1, 0.15) is 16.5 Å². The molecule has 0 unspecified atom stereocenters. The summed E-state index contributed by atoms with van der Waals surface area (Å²) in [4.78, 5) is 26.4. The van der Waals surface area contributed by atoms with Crippen LogP contribution in [0.25, 0.3) is 22.0 Å². The Kier molecular flexibility index (Phi) is 6.22. The molecule has 0 bridgehead atoms. The van der Waals surface area contributed by atoms with Crippen molar-refractivity contribution in [1.82, 2.24) is 10.2 Å². The Balaban J connectivity index is 1.31. The lowest BCUT2D eigenvalue weighted by molar-refractivity contribution is -0.117. The van der Waals surface area contributed by atoms with Crippen molar-refractivity contribution in [2.45, 2.75) is 17.9 Å². The summed E-state index contributed by atoms with van der Waals surface area (Å²) in [6.45, 7) is 0.700. The van der Waals surface area contributed by atoms with Crippen LogP contribution in [0.2, 0.25) is 0 Å². The fourth-order valence-corrected chi connectivity index (χ4v) is 4.78. The summed E-state index contributed by atoms with van der Waals surface area (Å²) >= 11 is 1.30. The summed E-state index contributed by atoms with van der Waals surface area (Å²) in [5.74, 6) is -0.227. The molecule has 0 spiro atoms. The molecule has 4 aromatic rings. The van der Waals surface area contributed by atoms with E-state index in [1.807, 2.05) is 42.5 Å². The number of aromatic nitrogens is 2. The fraction of sp³-hybridized carbons (Fsp3) is 0.154. The van der Waals surface area contributed by atoms with E-state index in [4.69, 9.17) is 0 Å². The SMILES string of the molecule is O=C(CSc1nnc(-c2ccc(F)cc2)c2ccccc12)Nc1cccc(N2CCCC2=O)c1. The summed E-state index contributed by atoms with van der Waals surface area (Å²) in [5, 5.41) is 14.0. The van der Waals surface area contributed by atoms with Crippen LogP contribution in [0.4, 0.5) is 15.8 Å². The molecule has 1 aliphatic rings. The predicted molar refractivity (Wildman–Crippen MR) is 132 cm³/mol. The third-order valence-corrected chi connectivity index (χ3v) is 6.61. The summed E-state index contributed by atoms with van der Waals surface area (Å²) in [5.41, 5.74) is 2.88. The van der Waals surface area contributed by atoms with Crippen LogP contribution in [0.3, 0.4) is 0 Å². The van der Waals surface area contributed by atoms with Crippen LogP contribution < -0.4 is 10.2 Å². The van der Waals surface area contributed by atoms with Gasteiger partial charge in [-0.2, -0.15) is 0 Å². The van der Waals surface area contributed by atoms with Crippen molar-refractivity contribution in [1.29, 1.82) is 0 Å². The normalized spacial score (nSPS) is 13.4. The molecule has 1 aromatic heterocycles. The number of nitrogens with zero attached hydrogens (tertiary/aromatic N) is 3. The standard InChI is InChI=1S/C26H21FN4O2S/c27-18-12-10-17(11-13-18)25-21-7-1-2-8-22(21)26(30-29-25)34-16-23(32)28-19-5-3-6-20(15-19)31-14-4-9-24(31)33/h1-3,5-8,10-13,15H,4,9,14,16H2,(H,28,32). The summed E-state index contributed by atoms with van der Waals surface area (Å²) in [6.07, 6.45) is 1.41. The molecular formula is C26H21FN4O2S. The van der Waals surface area contributed by atoms with Gasteiger partial charge in [0.15, 0.2) is 0 Å². The second-order valence-corrected chi connectivity index (χ2v) is 8.91. The number of carbonyl (C=O) groups is 2. The number of benzene rings is 3. The highest BCUT2D eigenvalue weighted by atomic mass is 32.2. The highest BCUT2D eigenvalue weighted by molar-refractivity contribution is 8.00. The smallest absolute Gasteiger partial charge is 0.234 e. The average Bonchev–Trinajstić information content (AvgIpc) is 3.29. The molecule has 2 amide bonds. The van der Waals surface area contributed by atoms with Crippen molar-refractivity contribution in [3.8, 4) is 11.3 Å². The molecule has 1 saturated heterocycles. The number of thioether (sulfide) groups is 1. The van der Waals surface area contributed by atoms with Crippen LogP contribution in [0.1, 0.15) is 12.8 Å². The maximum atomic E-state index is 13.3. The van der Waals surface area contributed by atoms with Crippen LogP contribution in [0.5, 0.6) is 0 Å². The number of halogens is 1. The number of rotatable bonds is 6. The minimum Gasteiger partial charge on any atom is -0.325 e. The molecule has 1 N–H and O–H groups in total. The van der Waals surface area contributed by atoms with Gasteiger partial charge in [-0.05, 0) is 48.9 Å². The molecule has 1 aliphatic heterocycles. The van der Waals surface area contributed by atoms with E-state index in [0.29, 0.717) is 29.4 Å². The van der Waals surface area contributed by atoms with E-state index in [1.54, 1.807) is 23.1 Å². The first-order valence-electron chi connectivity index (χ1n) is 10.9. The number of fused-ring (bicyclic) bond motifs is 1. The molecule has 170 valence electrons. The lowest BCUT2D eigenvalue weighted by Crippen LogP contribution is -2.23. The van der Waals surface area contributed by atoms with Gasteiger partial charge in [-0.25, -0.2) is 4.39 Å². The number of hydrogen-bond acceptors (Lipinski definition) is 5. The zero-order valence-electron chi connectivity index (χ0n) is 18.2. The molecule has 6 nitrogen and oxygen atoms in total. The van der Waals surface area contributed by atoms with Crippen LogP contribution in [0.15, 0.2) is 77.8 Å². The van der Waals surface area contributed by atoms with Crippen molar-refractivity contribution in [2.24, 2.45) is 0 Å². The fourth-order valence-electron chi connectivity index (χ4n) is 4.01. The van der Waals surface area contributed by atoms with E-state index in [9.17, 15) is 14.0 Å². The molecular weight excluding hydrogens is 451 g/mol. The van der Waals surface area contributed by atoms with Crippen molar-refractivity contribution >= 4 is 45.7 Å². The van der Waals surface area contributed by atoms with E-state index in [2.05, 4.69) is 15.5 Å². The van der Waals surface area contributed by atoms with Gasteiger partial charge in [-0.3, -0.25) is 9.59 Å². The Hall–Kier alpha value is -3.78. The highest BCUT2D eigenvalue weighted by Crippen LogP contribution is 2.32. The van der Waals surface area contributed by atoms with Crippen molar-refractivity contribution in [2.75, 3.05) is 22.5 Å². The molecule has 0 atom stereocenters. The first-order chi connectivity index (χ1) is 16.6. The van der Waals surface area contributed by atoms with E-state index in [-0.39, 0.29) is 23.4 Å². The maximum Gasteiger partial charge on any atom is 0.234 e. The Bertz CT molecular complexity index is 1380. The quantitative estimate of drug-likeness (QED) is 0.386. The molecule has 2 heterocycles. The van der Waals surface area contributed by atoms with E-state index in [0.717, 1.165) is 28.4 Å². The predicted octanol–water partition coefficient (Wildman–Crippen LogP) is 5.29. The Morgan fingerprint density at radius 2 is 1.79 bits per heavy atom. The Labute approximate surface area is 200 Å². The number of nitrogens with one attached hydrogen (secondary N) is 1. The van der Waals surface area contributed by atoms with Crippen LogP contribution in [-0.2, 0) is 9.59 Å². The Morgan fingerprint density at radius 3 is 2.56 bits per heavy atom. The van der Waals surface area contributed by atoms with E-state index >= 15 is 0 Å². The topological polar surface area (TPSA) is 75.2 Å². The highest BCUT2D eigenvalue weighted by Gasteiger charge is 2.22. The second kappa shape index (κ2) is 9.61. The molecule has 0 aliphatic carbocycles. The first-order valence-corrected chi connectivity index (χ1v) is 11.9. The van der Waals surface area contributed by atoms with Crippen molar-refractivity contribution in [3.05, 3.63) is 78.6 Å². The largest absolute Gasteiger partial charge is 0.325 e. The maximum absolute atomic E-state index is 13.3. The van der Waals surface area contributed by atoms with Gasteiger partial charge in [0.05, 0.1) is 5.75 Å². The lowest BCUT2D eigenvalue weighted by atomic mass is 10.1. The number of anilines is 2. The van der Waals surface area contributed by atoms with Crippen LogP contribution in [0, 0.1) is 5.82 Å². The monoisotopic (exact) mass is 472 g/mol. The third-order valence-electron chi connectivity index (χ3n) is 5.63. The second-order valence-electron chi connectivity index (χ2n) is 7.94. The molecule has 0 saturated carbocycles. The van der Waals surface area contributed by atoms with Gasteiger partial charge in [-0.15, -0.1) is 10.2 Å². The number of carbonyl (C=O) groups excluding carboxylic acids is 2. The molecule has 0 radical (unpaired) electrons. The molecule has 1 fully saturated rings. The average molecular weight is 473 g/mol. The zero-order valence-corrected chi connectivity index (χ0v) is 19.0. The van der Waals surface area contributed by atoms with Crippen molar-refractivity contribution in [3.63, 3.8) is 0 Å². The lowest BCUT2D eigenvalue weighted by Gasteiger charge is -2.16. The third kappa shape index (κ3) is 4.63. The molecule has 34 heavy (non-hydrogen) atoms. The summed E-state index contributed by atoms with van der Waals surface area (Å²) in [7, 11) is 0. The van der Waals surface area contributed by atoms with Gasteiger partial charge < -0.3 is 10.2 Å². The zero-order chi connectivity index (χ0) is 23.5. The van der Waals surface area contributed by atoms with E-state index < -0.39 is 0 Å². The molecule has 3 aromatic carbocycles. The van der Waals surface area contributed by atoms with Gasteiger partial charge in [-0.1, -0.05) is 42.1 Å². The van der Waals surface area contributed by atoms with Gasteiger partial charge in [0.2, 0.25) is 11.8 Å². The minimum absolute atomic E-state index is 0.105. The van der Waals surface area contributed by atoms with Gasteiger partial charge in [0, 0.05) is 40.7 Å². The molecule has 5 rings (SSSR count). The van der Waals surface area contributed by atoms with Crippen LogP contribution >= 0.6 is 11.8 Å². The first kappa shape index (κ1) is 22.0. The van der Waals surface area contributed by atoms with Crippen LogP contribution in [-0.4, -0.2) is 34.3 Å². The summed E-state index contributed by atoms with van der Waals surface area (Å²) < 4.78 is 13.3. The van der Waals surface area contributed by atoms with Crippen molar-refractivity contribution < 1.29 is 14.0 Å². The van der Waals surface area contributed by atoms with Gasteiger partial charge >= 0.3 is 0 Å². The minimum atomic E-state index is -0.309.